The first-order valence-electron chi connectivity index (χ1n) is 4.04. The number of nitrogens with one attached hydrogen (secondary N) is 1. The SMILES string of the molecule is C=C(Br)CNc1cc(Br)ccc1OC. The van der Waals surface area contributed by atoms with E-state index in [2.05, 4.69) is 43.8 Å². The fourth-order valence-corrected chi connectivity index (χ4v) is 1.51. The zero-order valence-electron chi connectivity index (χ0n) is 7.81. The summed E-state index contributed by atoms with van der Waals surface area (Å²) in [6.45, 7) is 4.42. The number of methoxy groups -OCH3 is 1. The highest BCUT2D eigenvalue weighted by Gasteiger charge is 2.02. The van der Waals surface area contributed by atoms with E-state index in [1.807, 2.05) is 18.2 Å². The van der Waals surface area contributed by atoms with Crippen LogP contribution >= 0.6 is 31.9 Å². The van der Waals surface area contributed by atoms with Crippen molar-refractivity contribution < 1.29 is 4.74 Å². The van der Waals surface area contributed by atoms with Crippen LogP contribution in [0.2, 0.25) is 0 Å². The van der Waals surface area contributed by atoms with Crippen LogP contribution in [-0.2, 0) is 0 Å². The summed E-state index contributed by atoms with van der Waals surface area (Å²) in [6.07, 6.45) is 0. The molecule has 1 N–H and O–H groups in total. The third kappa shape index (κ3) is 3.35. The highest BCUT2D eigenvalue weighted by atomic mass is 79.9. The molecule has 0 saturated heterocycles. The molecule has 0 aliphatic carbocycles. The van der Waals surface area contributed by atoms with Crippen molar-refractivity contribution in [2.24, 2.45) is 0 Å². The predicted octanol–water partition coefficient (Wildman–Crippen LogP) is 3.78. The molecule has 0 spiro atoms. The van der Waals surface area contributed by atoms with Crippen molar-refractivity contribution in [2.45, 2.75) is 0 Å². The first-order valence-corrected chi connectivity index (χ1v) is 5.63. The van der Waals surface area contributed by atoms with Gasteiger partial charge in [0.05, 0.1) is 12.8 Å². The van der Waals surface area contributed by atoms with Gasteiger partial charge in [0.2, 0.25) is 0 Å². The Kier molecular flexibility index (Phi) is 4.48. The molecular weight excluding hydrogens is 310 g/mol. The third-order valence-corrected chi connectivity index (χ3v) is 2.41. The molecular formula is C10H11Br2NO. The Balaban J connectivity index is 2.82. The van der Waals surface area contributed by atoms with E-state index in [0.29, 0.717) is 6.54 Å². The van der Waals surface area contributed by atoms with Gasteiger partial charge in [-0.3, -0.25) is 0 Å². The molecule has 0 heterocycles. The van der Waals surface area contributed by atoms with Crippen molar-refractivity contribution in [2.75, 3.05) is 19.0 Å². The van der Waals surface area contributed by atoms with E-state index < -0.39 is 0 Å². The second-order valence-electron chi connectivity index (χ2n) is 2.72. The molecule has 0 aromatic heterocycles. The van der Waals surface area contributed by atoms with E-state index in [4.69, 9.17) is 4.74 Å². The number of rotatable bonds is 4. The van der Waals surface area contributed by atoms with Crippen molar-refractivity contribution in [3.05, 3.63) is 33.7 Å². The lowest BCUT2D eigenvalue weighted by atomic mass is 10.3. The standard InChI is InChI=1S/C10H11Br2NO/c1-7(11)6-13-9-5-8(12)3-4-10(9)14-2/h3-5,13H,1,6H2,2H3. The molecule has 0 atom stereocenters. The van der Waals surface area contributed by atoms with Crippen LogP contribution in [-0.4, -0.2) is 13.7 Å². The second kappa shape index (κ2) is 5.41. The monoisotopic (exact) mass is 319 g/mol. The average molecular weight is 321 g/mol. The number of ether oxygens (including phenoxy) is 1. The Labute approximate surface area is 101 Å². The summed E-state index contributed by atoms with van der Waals surface area (Å²) in [7, 11) is 1.65. The second-order valence-corrected chi connectivity index (χ2v) is 4.75. The minimum Gasteiger partial charge on any atom is -0.495 e. The van der Waals surface area contributed by atoms with E-state index in [1.165, 1.54) is 0 Å². The van der Waals surface area contributed by atoms with Crippen molar-refractivity contribution >= 4 is 37.5 Å². The van der Waals surface area contributed by atoms with Crippen molar-refractivity contribution in [1.29, 1.82) is 0 Å². The minimum absolute atomic E-state index is 0.673. The quantitative estimate of drug-likeness (QED) is 0.911. The van der Waals surface area contributed by atoms with Crippen LogP contribution in [0.4, 0.5) is 5.69 Å². The van der Waals surface area contributed by atoms with Crippen LogP contribution in [0, 0.1) is 0 Å². The van der Waals surface area contributed by atoms with Gasteiger partial charge in [-0.05, 0) is 18.2 Å². The molecule has 0 fully saturated rings. The zero-order chi connectivity index (χ0) is 10.6. The highest BCUT2D eigenvalue weighted by Crippen LogP contribution is 2.28. The molecule has 0 aliphatic rings. The van der Waals surface area contributed by atoms with E-state index >= 15 is 0 Å². The molecule has 0 saturated carbocycles. The molecule has 14 heavy (non-hydrogen) atoms. The molecule has 0 unspecified atom stereocenters. The molecule has 2 nitrogen and oxygen atoms in total. The summed E-state index contributed by atoms with van der Waals surface area (Å²) in [5, 5.41) is 3.20. The number of halogens is 2. The lowest BCUT2D eigenvalue weighted by Gasteiger charge is -2.10. The summed E-state index contributed by atoms with van der Waals surface area (Å²) in [6, 6.07) is 5.81. The lowest BCUT2D eigenvalue weighted by Crippen LogP contribution is -2.02. The van der Waals surface area contributed by atoms with Gasteiger partial charge in [0, 0.05) is 15.5 Å². The fourth-order valence-electron chi connectivity index (χ4n) is 1.01. The lowest BCUT2D eigenvalue weighted by molar-refractivity contribution is 0.416. The smallest absolute Gasteiger partial charge is 0.142 e. The maximum absolute atomic E-state index is 5.20. The Morgan fingerprint density at radius 2 is 2.29 bits per heavy atom. The summed E-state index contributed by atoms with van der Waals surface area (Å²) in [4.78, 5) is 0. The first-order chi connectivity index (χ1) is 6.63. The van der Waals surface area contributed by atoms with Gasteiger partial charge in [0.25, 0.3) is 0 Å². The molecule has 1 rings (SSSR count). The van der Waals surface area contributed by atoms with Gasteiger partial charge < -0.3 is 10.1 Å². The normalized spacial score (nSPS) is 9.64. The number of hydrogen-bond acceptors (Lipinski definition) is 2. The van der Waals surface area contributed by atoms with Crippen LogP contribution in [0.3, 0.4) is 0 Å². The van der Waals surface area contributed by atoms with E-state index in [0.717, 1.165) is 20.4 Å². The van der Waals surface area contributed by atoms with Crippen LogP contribution < -0.4 is 10.1 Å². The van der Waals surface area contributed by atoms with Crippen LogP contribution in [0.25, 0.3) is 0 Å². The van der Waals surface area contributed by atoms with E-state index in [-0.39, 0.29) is 0 Å². The maximum atomic E-state index is 5.20. The number of hydrogen-bond donors (Lipinski definition) is 1. The Morgan fingerprint density at radius 1 is 1.57 bits per heavy atom. The fraction of sp³-hybridized carbons (Fsp3) is 0.200. The molecule has 0 aliphatic heterocycles. The van der Waals surface area contributed by atoms with Gasteiger partial charge >= 0.3 is 0 Å². The van der Waals surface area contributed by atoms with Gasteiger partial charge in [0.15, 0.2) is 0 Å². The van der Waals surface area contributed by atoms with Gasteiger partial charge in [-0.2, -0.15) is 0 Å². The van der Waals surface area contributed by atoms with Crippen molar-refractivity contribution in [3.63, 3.8) is 0 Å². The molecule has 76 valence electrons. The Hall–Kier alpha value is -0.480. The van der Waals surface area contributed by atoms with Gasteiger partial charge in [0.1, 0.15) is 5.75 Å². The maximum Gasteiger partial charge on any atom is 0.142 e. The predicted molar refractivity (Wildman–Crippen MR) is 67.3 cm³/mol. The van der Waals surface area contributed by atoms with Gasteiger partial charge in [-0.25, -0.2) is 0 Å². The van der Waals surface area contributed by atoms with E-state index in [1.54, 1.807) is 7.11 Å². The van der Waals surface area contributed by atoms with Crippen LogP contribution in [0.15, 0.2) is 33.7 Å². The third-order valence-electron chi connectivity index (χ3n) is 1.63. The number of anilines is 1. The van der Waals surface area contributed by atoms with Gasteiger partial charge in [-0.15, -0.1) is 0 Å². The van der Waals surface area contributed by atoms with Crippen LogP contribution in [0.1, 0.15) is 0 Å². The average Bonchev–Trinajstić information content (AvgIpc) is 2.15. The Morgan fingerprint density at radius 3 is 2.86 bits per heavy atom. The summed E-state index contributed by atoms with van der Waals surface area (Å²) in [5.74, 6) is 0.821. The summed E-state index contributed by atoms with van der Waals surface area (Å²) >= 11 is 6.69. The van der Waals surface area contributed by atoms with Crippen LogP contribution in [0.5, 0.6) is 5.75 Å². The van der Waals surface area contributed by atoms with Crippen molar-refractivity contribution in [1.82, 2.24) is 0 Å². The van der Waals surface area contributed by atoms with Gasteiger partial charge in [-0.1, -0.05) is 38.4 Å². The zero-order valence-corrected chi connectivity index (χ0v) is 11.0. The highest BCUT2D eigenvalue weighted by molar-refractivity contribution is 9.11. The van der Waals surface area contributed by atoms with E-state index in [9.17, 15) is 0 Å². The first kappa shape index (κ1) is 11.6. The van der Waals surface area contributed by atoms with Crippen molar-refractivity contribution in [3.8, 4) is 5.75 Å². The number of benzene rings is 1. The molecule has 4 heteroatoms. The molecule has 0 bridgehead atoms. The minimum atomic E-state index is 0.673. The molecule has 0 amide bonds. The summed E-state index contributed by atoms with van der Waals surface area (Å²) < 4.78 is 7.12. The Bertz CT molecular complexity index is 339. The topological polar surface area (TPSA) is 21.3 Å². The molecule has 0 radical (unpaired) electrons. The largest absolute Gasteiger partial charge is 0.495 e. The molecule has 1 aromatic rings. The molecule has 1 aromatic carbocycles. The summed E-state index contributed by atoms with van der Waals surface area (Å²) in [5.41, 5.74) is 0.947.